The molecule has 0 amide bonds. The first-order chi connectivity index (χ1) is 8.16. The highest BCUT2D eigenvalue weighted by Crippen LogP contribution is 2.32. The summed E-state index contributed by atoms with van der Waals surface area (Å²) in [5, 5.41) is 7.46. The average molecular weight is 252 g/mol. The van der Waals surface area contributed by atoms with Gasteiger partial charge in [-0.25, -0.2) is 4.39 Å². The van der Waals surface area contributed by atoms with Gasteiger partial charge >= 0.3 is 0 Å². The number of nitrogens with two attached hydrogens (primary N) is 1. The van der Waals surface area contributed by atoms with Gasteiger partial charge in [-0.15, -0.1) is 11.8 Å². The molecule has 0 heterocycles. The number of thioether (sulfide) groups is 1. The number of amidine groups is 1. The topological polar surface area (TPSA) is 49.9 Å². The van der Waals surface area contributed by atoms with Crippen LogP contribution in [0.3, 0.4) is 0 Å². The van der Waals surface area contributed by atoms with Crippen LogP contribution in [0.15, 0.2) is 23.1 Å². The Hall–Kier alpha value is -1.03. The van der Waals surface area contributed by atoms with Crippen LogP contribution < -0.4 is 5.73 Å². The predicted molar refractivity (Wildman–Crippen MR) is 70.1 cm³/mol. The van der Waals surface area contributed by atoms with Gasteiger partial charge in [-0.3, -0.25) is 5.41 Å². The molecule has 0 unspecified atom stereocenters. The van der Waals surface area contributed by atoms with Crippen LogP contribution in [0.1, 0.15) is 31.2 Å². The average Bonchev–Trinajstić information content (AvgIpc) is 2.80. The third kappa shape index (κ3) is 3.22. The minimum absolute atomic E-state index is 0.0570. The van der Waals surface area contributed by atoms with Crippen LogP contribution in [0.4, 0.5) is 4.39 Å². The molecule has 92 valence electrons. The van der Waals surface area contributed by atoms with Crippen molar-refractivity contribution >= 4 is 17.6 Å². The van der Waals surface area contributed by atoms with Crippen LogP contribution in [0.25, 0.3) is 0 Å². The Kier molecular flexibility index (Phi) is 4.05. The Bertz CT molecular complexity index is 414. The van der Waals surface area contributed by atoms with E-state index in [2.05, 4.69) is 0 Å². The minimum atomic E-state index is -0.333. The lowest BCUT2D eigenvalue weighted by atomic mass is 10.1. The quantitative estimate of drug-likeness (QED) is 0.490. The SMILES string of the molecule is N=C(N)c1cc(F)ccc1SCC1CCCC1. The van der Waals surface area contributed by atoms with Crippen molar-refractivity contribution in [3.8, 4) is 0 Å². The van der Waals surface area contributed by atoms with Crippen LogP contribution in [0, 0.1) is 17.1 Å². The summed E-state index contributed by atoms with van der Waals surface area (Å²) in [5.74, 6) is 1.43. The summed E-state index contributed by atoms with van der Waals surface area (Å²) in [6, 6.07) is 4.51. The molecule has 0 atom stereocenters. The maximum atomic E-state index is 13.1. The Morgan fingerprint density at radius 2 is 2.12 bits per heavy atom. The summed E-state index contributed by atoms with van der Waals surface area (Å²) in [6.45, 7) is 0. The molecule has 0 bridgehead atoms. The monoisotopic (exact) mass is 252 g/mol. The first kappa shape index (κ1) is 12.4. The molecule has 0 saturated heterocycles. The molecule has 2 rings (SSSR count). The molecule has 2 nitrogen and oxygen atoms in total. The van der Waals surface area contributed by atoms with Crippen LogP contribution in [-0.4, -0.2) is 11.6 Å². The first-order valence-electron chi connectivity index (χ1n) is 5.93. The van der Waals surface area contributed by atoms with Crippen molar-refractivity contribution in [3.05, 3.63) is 29.6 Å². The Balaban J connectivity index is 2.06. The van der Waals surface area contributed by atoms with Gasteiger partial charge in [0.25, 0.3) is 0 Å². The fourth-order valence-corrected chi connectivity index (χ4v) is 3.46. The molecule has 1 aromatic carbocycles. The maximum absolute atomic E-state index is 13.1. The molecule has 0 aliphatic heterocycles. The van der Waals surface area contributed by atoms with Gasteiger partial charge in [0.05, 0.1) is 0 Å². The van der Waals surface area contributed by atoms with Crippen molar-refractivity contribution in [3.63, 3.8) is 0 Å². The minimum Gasteiger partial charge on any atom is -0.384 e. The first-order valence-corrected chi connectivity index (χ1v) is 6.92. The van der Waals surface area contributed by atoms with Crippen LogP contribution in [0.5, 0.6) is 0 Å². The van der Waals surface area contributed by atoms with Crippen molar-refractivity contribution in [2.45, 2.75) is 30.6 Å². The lowest BCUT2D eigenvalue weighted by Gasteiger charge is -2.11. The molecule has 4 heteroatoms. The zero-order valence-electron chi connectivity index (χ0n) is 9.71. The van der Waals surface area contributed by atoms with Gasteiger partial charge in [0, 0.05) is 16.2 Å². The number of hydrogen-bond acceptors (Lipinski definition) is 2. The summed E-state index contributed by atoms with van der Waals surface area (Å²) in [4.78, 5) is 0.922. The molecular weight excluding hydrogens is 235 g/mol. The van der Waals surface area contributed by atoms with Crippen molar-refractivity contribution in [1.82, 2.24) is 0 Å². The fourth-order valence-electron chi connectivity index (χ4n) is 2.22. The molecule has 1 aromatic rings. The van der Waals surface area contributed by atoms with Crippen molar-refractivity contribution in [1.29, 1.82) is 5.41 Å². The van der Waals surface area contributed by atoms with Crippen molar-refractivity contribution < 1.29 is 4.39 Å². The Morgan fingerprint density at radius 3 is 2.76 bits per heavy atom. The van der Waals surface area contributed by atoms with Gasteiger partial charge in [0.15, 0.2) is 0 Å². The van der Waals surface area contributed by atoms with E-state index in [1.165, 1.54) is 37.8 Å². The third-order valence-electron chi connectivity index (χ3n) is 3.18. The second-order valence-corrected chi connectivity index (χ2v) is 5.58. The van der Waals surface area contributed by atoms with E-state index in [4.69, 9.17) is 11.1 Å². The number of hydrogen-bond donors (Lipinski definition) is 2. The fraction of sp³-hybridized carbons (Fsp3) is 0.462. The molecule has 1 fully saturated rings. The number of rotatable bonds is 4. The van der Waals surface area contributed by atoms with E-state index in [9.17, 15) is 4.39 Å². The van der Waals surface area contributed by atoms with E-state index in [0.717, 1.165) is 16.6 Å². The largest absolute Gasteiger partial charge is 0.384 e. The molecule has 17 heavy (non-hydrogen) atoms. The van der Waals surface area contributed by atoms with E-state index in [1.807, 2.05) is 0 Å². The number of nitrogen functional groups attached to an aromatic ring is 1. The molecular formula is C13H17FN2S. The van der Waals surface area contributed by atoms with E-state index in [1.54, 1.807) is 17.8 Å². The second kappa shape index (κ2) is 5.54. The van der Waals surface area contributed by atoms with Gasteiger partial charge in [-0.1, -0.05) is 12.8 Å². The van der Waals surface area contributed by atoms with Gasteiger partial charge in [-0.2, -0.15) is 0 Å². The molecule has 0 aromatic heterocycles. The maximum Gasteiger partial charge on any atom is 0.124 e. The smallest absolute Gasteiger partial charge is 0.124 e. The Morgan fingerprint density at radius 1 is 1.41 bits per heavy atom. The number of benzene rings is 1. The van der Waals surface area contributed by atoms with Crippen molar-refractivity contribution in [2.24, 2.45) is 11.7 Å². The van der Waals surface area contributed by atoms with E-state index in [0.29, 0.717) is 5.56 Å². The normalized spacial score (nSPS) is 16.3. The molecule has 1 aliphatic rings. The second-order valence-electron chi connectivity index (χ2n) is 4.52. The zero-order chi connectivity index (χ0) is 12.3. The zero-order valence-corrected chi connectivity index (χ0v) is 10.5. The molecule has 1 saturated carbocycles. The highest BCUT2D eigenvalue weighted by atomic mass is 32.2. The summed E-state index contributed by atoms with van der Waals surface area (Å²) < 4.78 is 13.1. The standard InChI is InChI=1S/C13H17FN2S/c14-10-5-6-12(11(7-10)13(15)16)17-8-9-3-1-2-4-9/h5-7,9H,1-4,8H2,(H3,15,16). The van der Waals surface area contributed by atoms with E-state index < -0.39 is 0 Å². The van der Waals surface area contributed by atoms with E-state index >= 15 is 0 Å². The molecule has 1 aliphatic carbocycles. The summed E-state index contributed by atoms with van der Waals surface area (Å²) in [5.41, 5.74) is 5.99. The van der Waals surface area contributed by atoms with E-state index in [-0.39, 0.29) is 11.7 Å². The van der Waals surface area contributed by atoms with Crippen molar-refractivity contribution in [2.75, 3.05) is 5.75 Å². The highest BCUT2D eigenvalue weighted by Gasteiger charge is 2.16. The Labute approximate surface area is 105 Å². The van der Waals surface area contributed by atoms with Gasteiger partial charge < -0.3 is 5.73 Å². The summed E-state index contributed by atoms with van der Waals surface area (Å²) in [6.07, 6.45) is 5.25. The molecule has 0 spiro atoms. The summed E-state index contributed by atoms with van der Waals surface area (Å²) in [7, 11) is 0. The highest BCUT2D eigenvalue weighted by molar-refractivity contribution is 7.99. The molecule has 3 N–H and O–H groups in total. The van der Waals surface area contributed by atoms with Crippen LogP contribution in [0.2, 0.25) is 0 Å². The molecule has 0 radical (unpaired) electrons. The lowest BCUT2D eigenvalue weighted by Crippen LogP contribution is -2.13. The van der Waals surface area contributed by atoms with Crippen LogP contribution >= 0.6 is 11.8 Å². The van der Waals surface area contributed by atoms with Gasteiger partial charge in [-0.05, 0) is 37.0 Å². The predicted octanol–water partition coefficient (Wildman–Crippen LogP) is 3.39. The lowest BCUT2D eigenvalue weighted by molar-refractivity contribution is 0.622. The van der Waals surface area contributed by atoms with Gasteiger partial charge in [0.2, 0.25) is 0 Å². The number of halogens is 1. The summed E-state index contributed by atoms with van der Waals surface area (Å²) >= 11 is 1.69. The van der Waals surface area contributed by atoms with Gasteiger partial charge in [0.1, 0.15) is 11.7 Å². The number of nitrogens with one attached hydrogen (secondary N) is 1. The third-order valence-corrected chi connectivity index (χ3v) is 4.49. The van der Waals surface area contributed by atoms with Crippen LogP contribution in [-0.2, 0) is 0 Å².